The van der Waals surface area contributed by atoms with Crippen LogP contribution in [0.1, 0.15) is 65.7 Å². The molecule has 0 aromatic rings. The molecule has 0 bridgehead atoms. The van der Waals surface area contributed by atoms with E-state index >= 15 is 0 Å². The lowest BCUT2D eigenvalue weighted by Crippen LogP contribution is -2.42. The number of hydrogen-bond acceptors (Lipinski definition) is 2. The zero-order valence-electron chi connectivity index (χ0n) is 13.5. The zero-order valence-corrected chi connectivity index (χ0v) is 13.5. The first-order valence-corrected chi connectivity index (χ1v) is 8.46. The standard InChI is InChI=1S/C17H32N2O/c1-13(14-6-5-9-18-12-14)10-16(20)19-15-7-4-8-17(2,3)11-15/h13-15,18H,4-12H2,1-3H3,(H,19,20). The van der Waals surface area contributed by atoms with Crippen LogP contribution in [-0.2, 0) is 4.79 Å². The lowest BCUT2D eigenvalue weighted by Gasteiger charge is -2.36. The number of nitrogens with one attached hydrogen (secondary N) is 2. The number of amides is 1. The van der Waals surface area contributed by atoms with Gasteiger partial charge in [0.2, 0.25) is 5.91 Å². The molecular formula is C17H32N2O. The molecule has 0 spiro atoms. The number of carbonyl (C=O) groups excluding carboxylic acids is 1. The van der Waals surface area contributed by atoms with Gasteiger partial charge in [-0.15, -0.1) is 0 Å². The zero-order chi connectivity index (χ0) is 14.6. The van der Waals surface area contributed by atoms with Crippen molar-refractivity contribution in [3.8, 4) is 0 Å². The highest BCUT2D eigenvalue weighted by atomic mass is 16.1. The molecule has 3 heteroatoms. The van der Waals surface area contributed by atoms with Gasteiger partial charge < -0.3 is 10.6 Å². The Morgan fingerprint density at radius 1 is 1.35 bits per heavy atom. The first-order valence-electron chi connectivity index (χ1n) is 8.46. The van der Waals surface area contributed by atoms with E-state index in [0.717, 1.165) is 25.9 Å². The van der Waals surface area contributed by atoms with Crippen molar-refractivity contribution >= 4 is 5.91 Å². The van der Waals surface area contributed by atoms with Crippen LogP contribution in [0.4, 0.5) is 0 Å². The van der Waals surface area contributed by atoms with Crippen LogP contribution in [0.2, 0.25) is 0 Å². The van der Waals surface area contributed by atoms with E-state index in [1.54, 1.807) is 0 Å². The molecule has 1 aliphatic carbocycles. The van der Waals surface area contributed by atoms with Gasteiger partial charge in [0.15, 0.2) is 0 Å². The number of rotatable bonds is 4. The SMILES string of the molecule is CC(CC(=O)NC1CCCC(C)(C)C1)C1CCCNC1. The molecule has 1 saturated heterocycles. The molecule has 0 aromatic heterocycles. The molecule has 3 unspecified atom stereocenters. The summed E-state index contributed by atoms with van der Waals surface area (Å²) in [4.78, 5) is 12.2. The highest BCUT2D eigenvalue weighted by Gasteiger charge is 2.29. The minimum absolute atomic E-state index is 0.269. The average molecular weight is 280 g/mol. The first kappa shape index (κ1) is 15.8. The minimum Gasteiger partial charge on any atom is -0.353 e. The molecule has 1 amide bonds. The molecule has 0 aromatic carbocycles. The van der Waals surface area contributed by atoms with Crippen molar-refractivity contribution in [3.63, 3.8) is 0 Å². The van der Waals surface area contributed by atoms with Gasteiger partial charge in [0.1, 0.15) is 0 Å². The Labute approximate surface area is 124 Å². The normalized spacial score (nSPS) is 31.6. The number of piperidine rings is 1. The van der Waals surface area contributed by atoms with Gasteiger partial charge in [-0.25, -0.2) is 0 Å². The molecule has 1 heterocycles. The predicted octanol–water partition coefficient (Wildman–Crippen LogP) is 3.10. The van der Waals surface area contributed by atoms with Crippen molar-refractivity contribution < 1.29 is 4.79 Å². The average Bonchev–Trinajstić information content (AvgIpc) is 2.38. The highest BCUT2D eigenvalue weighted by molar-refractivity contribution is 5.76. The highest BCUT2D eigenvalue weighted by Crippen LogP contribution is 2.35. The van der Waals surface area contributed by atoms with E-state index in [2.05, 4.69) is 31.4 Å². The summed E-state index contributed by atoms with van der Waals surface area (Å²) in [5.74, 6) is 1.45. The van der Waals surface area contributed by atoms with E-state index < -0.39 is 0 Å². The van der Waals surface area contributed by atoms with Crippen molar-refractivity contribution in [2.75, 3.05) is 13.1 Å². The summed E-state index contributed by atoms with van der Waals surface area (Å²) in [7, 11) is 0. The Morgan fingerprint density at radius 3 is 2.80 bits per heavy atom. The van der Waals surface area contributed by atoms with Gasteiger partial charge in [0.25, 0.3) is 0 Å². The van der Waals surface area contributed by atoms with Gasteiger partial charge in [0.05, 0.1) is 0 Å². The maximum Gasteiger partial charge on any atom is 0.220 e. The second-order valence-electron chi connectivity index (χ2n) is 7.81. The minimum atomic E-state index is 0.269. The monoisotopic (exact) mass is 280 g/mol. The van der Waals surface area contributed by atoms with E-state index in [4.69, 9.17) is 0 Å². The summed E-state index contributed by atoms with van der Waals surface area (Å²) >= 11 is 0. The van der Waals surface area contributed by atoms with E-state index in [-0.39, 0.29) is 5.91 Å². The Balaban J connectivity index is 1.74. The maximum atomic E-state index is 12.2. The predicted molar refractivity (Wildman–Crippen MR) is 83.6 cm³/mol. The van der Waals surface area contributed by atoms with Crippen LogP contribution in [0.3, 0.4) is 0 Å². The van der Waals surface area contributed by atoms with Crippen molar-refractivity contribution in [1.29, 1.82) is 0 Å². The maximum absolute atomic E-state index is 12.2. The molecule has 20 heavy (non-hydrogen) atoms. The summed E-state index contributed by atoms with van der Waals surface area (Å²) in [6, 6.07) is 0.405. The van der Waals surface area contributed by atoms with E-state index in [9.17, 15) is 4.79 Å². The molecule has 2 N–H and O–H groups in total. The fourth-order valence-corrected chi connectivity index (χ4v) is 3.93. The summed E-state index contributed by atoms with van der Waals surface area (Å²) < 4.78 is 0. The number of carbonyl (C=O) groups is 1. The third kappa shape index (κ3) is 4.76. The van der Waals surface area contributed by atoms with Gasteiger partial charge >= 0.3 is 0 Å². The molecule has 116 valence electrons. The van der Waals surface area contributed by atoms with E-state index in [1.165, 1.54) is 25.7 Å². The smallest absolute Gasteiger partial charge is 0.220 e. The van der Waals surface area contributed by atoms with Gasteiger partial charge in [-0.3, -0.25) is 4.79 Å². The molecule has 1 aliphatic heterocycles. The Hall–Kier alpha value is -0.570. The third-order valence-electron chi connectivity index (χ3n) is 5.22. The van der Waals surface area contributed by atoms with Gasteiger partial charge in [0, 0.05) is 12.5 Å². The van der Waals surface area contributed by atoms with Crippen LogP contribution < -0.4 is 10.6 Å². The molecule has 3 nitrogen and oxygen atoms in total. The first-order chi connectivity index (χ1) is 9.46. The fraction of sp³-hybridized carbons (Fsp3) is 0.941. The largest absolute Gasteiger partial charge is 0.353 e. The van der Waals surface area contributed by atoms with Crippen LogP contribution in [0, 0.1) is 17.3 Å². The molecule has 2 aliphatic rings. The summed E-state index contributed by atoms with van der Waals surface area (Å²) in [6.45, 7) is 9.11. The van der Waals surface area contributed by atoms with Crippen LogP contribution in [0.25, 0.3) is 0 Å². The van der Waals surface area contributed by atoms with Gasteiger partial charge in [-0.1, -0.05) is 27.2 Å². The Kier molecular flexibility index (Phi) is 5.48. The topological polar surface area (TPSA) is 41.1 Å². The van der Waals surface area contributed by atoms with Crippen molar-refractivity contribution in [1.82, 2.24) is 10.6 Å². The Morgan fingerprint density at radius 2 is 2.15 bits per heavy atom. The Bertz CT molecular complexity index is 321. The second-order valence-corrected chi connectivity index (χ2v) is 7.81. The molecule has 2 fully saturated rings. The lowest BCUT2D eigenvalue weighted by atomic mass is 9.75. The van der Waals surface area contributed by atoms with Crippen molar-refractivity contribution in [2.45, 2.75) is 71.8 Å². The van der Waals surface area contributed by atoms with E-state index in [1.807, 2.05) is 0 Å². The van der Waals surface area contributed by atoms with Crippen molar-refractivity contribution in [2.24, 2.45) is 17.3 Å². The van der Waals surface area contributed by atoms with Crippen LogP contribution >= 0.6 is 0 Å². The van der Waals surface area contributed by atoms with Crippen LogP contribution in [-0.4, -0.2) is 25.0 Å². The summed E-state index contributed by atoms with van der Waals surface area (Å²) in [5, 5.41) is 6.73. The second kappa shape index (κ2) is 6.93. The molecule has 0 radical (unpaired) electrons. The summed E-state index contributed by atoms with van der Waals surface area (Å²) in [6.07, 6.45) is 8.07. The summed E-state index contributed by atoms with van der Waals surface area (Å²) in [5.41, 5.74) is 0.398. The molecule has 2 rings (SSSR count). The molecule has 1 saturated carbocycles. The molecule has 3 atom stereocenters. The van der Waals surface area contributed by atoms with Gasteiger partial charge in [-0.05, 0) is 62.4 Å². The van der Waals surface area contributed by atoms with Crippen molar-refractivity contribution in [3.05, 3.63) is 0 Å². The number of hydrogen-bond donors (Lipinski definition) is 2. The van der Waals surface area contributed by atoms with E-state index in [0.29, 0.717) is 29.7 Å². The fourth-order valence-electron chi connectivity index (χ4n) is 3.93. The quantitative estimate of drug-likeness (QED) is 0.831. The van der Waals surface area contributed by atoms with Crippen LogP contribution in [0.15, 0.2) is 0 Å². The lowest BCUT2D eigenvalue weighted by molar-refractivity contribution is -0.123. The third-order valence-corrected chi connectivity index (χ3v) is 5.22. The van der Waals surface area contributed by atoms with Gasteiger partial charge in [-0.2, -0.15) is 0 Å². The van der Waals surface area contributed by atoms with Crippen LogP contribution in [0.5, 0.6) is 0 Å². The molecular weight excluding hydrogens is 248 g/mol.